The van der Waals surface area contributed by atoms with Gasteiger partial charge in [-0.3, -0.25) is 4.90 Å². The first-order valence-electron chi connectivity index (χ1n) is 8.86. The molecule has 0 amide bonds. The molecule has 4 rings (SSSR count). The molecular weight excluding hydrogens is 268 g/mol. The summed E-state index contributed by atoms with van der Waals surface area (Å²) >= 11 is 0. The number of quaternary nitrogens is 1. The lowest BCUT2D eigenvalue weighted by Crippen LogP contribution is -2.58. The van der Waals surface area contributed by atoms with Gasteiger partial charge in [-0.2, -0.15) is 0 Å². The van der Waals surface area contributed by atoms with Gasteiger partial charge in [0.2, 0.25) is 0 Å². The Kier molecular flexibility index (Phi) is 3.43. The van der Waals surface area contributed by atoms with Crippen LogP contribution in [-0.4, -0.2) is 49.2 Å². The average Bonchev–Trinajstić information content (AvgIpc) is 2.79. The molecule has 2 fully saturated rings. The molecule has 1 aromatic carbocycles. The van der Waals surface area contributed by atoms with Crippen molar-refractivity contribution in [3.05, 3.63) is 48.0 Å². The van der Waals surface area contributed by atoms with E-state index in [1.54, 1.807) is 0 Å². The van der Waals surface area contributed by atoms with Crippen molar-refractivity contribution in [1.82, 2.24) is 4.90 Å². The molecule has 2 aliphatic heterocycles. The molecular formula is C20H29N2+. The van der Waals surface area contributed by atoms with Gasteiger partial charge in [0.05, 0.1) is 26.7 Å². The summed E-state index contributed by atoms with van der Waals surface area (Å²) < 4.78 is 1.22. The Morgan fingerprint density at radius 1 is 1.23 bits per heavy atom. The summed E-state index contributed by atoms with van der Waals surface area (Å²) in [6.45, 7) is 5.02. The molecule has 2 saturated heterocycles. The van der Waals surface area contributed by atoms with Crippen molar-refractivity contribution in [2.24, 2.45) is 11.3 Å². The van der Waals surface area contributed by atoms with E-state index in [1.807, 2.05) is 0 Å². The lowest BCUT2D eigenvalue weighted by atomic mass is 9.62. The number of nitrogens with zero attached hydrogens (tertiary/aromatic N) is 2. The monoisotopic (exact) mass is 297 g/mol. The highest BCUT2D eigenvalue weighted by Gasteiger charge is 2.59. The molecule has 1 spiro atoms. The summed E-state index contributed by atoms with van der Waals surface area (Å²) in [5, 5.41) is 0. The molecule has 0 aromatic heterocycles. The molecule has 3 aliphatic rings. The van der Waals surface area contributed by atoms with Crippen molar-refractivity contribution in [2.45, 2.75) is 31.8 Å². The first-order chi connectivity index (χ1) is 10.6. The molecule has 0 bridgehead atoms. The largest absolute Gasteiger partial charge is 0.325 e. The summed E-state index contributed by atoms with van der Waals surface area (Å²) in [4.78, 5) is 2.73. The number of piperidine rings is 1. The van der Waals surface area contributed by atoms with Crippen LogP contribution in [0.25, 0.3) is 0 Å². The van der Waals surface area contributed by atoms with Gasteiger partial charge in [0, 0.05) is 31.3 Å². The van der Waals surface area contributed by atoms with Crippen LogP contribution in [0.15, 0.2) is 42.5 Å². The van der Waals surface area contributed by atoms with Crippen LogP contribution in [-0.2, 0) is 6.54 Å². The molecule has 2 nitrogen and oxygen atoms in total. The number of allylic oxidation sites excluding steroid dienone is 1. The Hall–Kier alpha value is -1.12. The molecule has 1 aliphatic carbocycles. The number of rotatable bonds is 2. The summed E-state index contributed by atoms with van der Waals surface area (Å²) in [5.41, 5.74) is 2.00. The van der Waals surface area contributed by atoms with Gasteiger partial charge < -0.3 is 4.48 Å². The Morgan fingerprint density at radius 2 is 2.05 bits per heavy atom. The smallest absolute Gasteiger partial charge is 0.0998 e. The minimum absolute atomic E-state index is 0.533. The van der Waals surface area contributed by atoms with E-state index in [9.17, 15) is 0 Å². The summed E-state index contributed by atoms with van der Waals surface area (Å²) in [5.74, 6) is 0.818. The van der Waals surface area contributed by atoms with E-state index < -0.39 is 0 Å². The summed E-state index contributed by atoms with van der Waals surface area (Å²) in [6.07, 6.45) is 9.07. The highest BCUT2D eigenvalue weighted by atomic mass is 15.4. The first kappa shape index (κ1) is 14.5. The van der Waals surface area contributed by atoms with E-state index in [4.69, 9.17) is 0 Å². The highest BCUT2D eigenvalue weighted by Crippen LogP contribution is 2.53. The van der Waals surface area contributed by atoms with Crippen LogP contribution in [0.2, 0.25) is 0 Å². The topological polar surface area (TPSA) is 3.24 Å². The van der Waals surface area contributed by atoms with Gasteiger partial charge in [-0.15, -0.1) is 0 Å². The average molecular weight is 297 g/mol. The lowest BCUT2D eigenvalue weighted by Gasteiger charge is -2.51. The van der Waals surface area contributed by atoms with Crippen LogP contribution in [0.4, 0.5) is 0 Å². The van der Waals surface area contributed by atoms with Gasteiger partial charge in [0.25, 0.3) is 0 Å². The third-order valence-electron chi connectivity index (χ3n) is 6.65. The zero-order valence-corrected chi connectivity index (χ0v) is 14.0. The van der Waals surface area contributed by atoms with Crippen LogP contribution in [0.1, 0.15) is 24.8 Å². The maximum atomic E-state index is 2.73. The molecule has 3 atom stereocenters. The highest BCUT2D eigenvalue weighted by molar-refractivity contribution is 5.17. The van der Waals surface area contributed by atoms with Gasteiger partial charge in [0.1, 0.15) is 0 Å². The van der Waals surface area contributed by atoms with Crippen molar-refractivity contribution in [2.75, 3.05) is 33.7 Å². The SMILES string of the molecule is C[N+]1(C)CC[C@]23CN(Cc4ccccc4)CC[C@@H]2C=CC[C@@H]31. The fourth-order valence-electron chi connectivity index (χ4n) is 5.51. The second-order valence-electron chi connectivity index (χ2n) is 8.26. The predicted octanol–water partition coefficient (Wildman–Crippen LogP) is 3.30. The number of hydrogen-bond acceptors (Lipinski definition) is 1. The van der Waals surface area contributed by atoms with Crippen molar-refractivity contribution < 1.29 is 4.48 Å². The van der Waals surface area contributed by atoms with E-state index in [-0.39, 0.29) is 0 Å². The molecule has 0 N–H and O–H groups in total. The molecule has 1 aromatic rings. The van der Waals surface area contributed by atoms with E-state index in [1.165, 1.54) is 48.9 Å². The standard InChI is InChI=1S/C20H29N2/c1-22(2)14-12-20-16-21(15-17-7-4-3-5-8-17)13-11-18(20)9-6-10-19(20)22/h3-9,18-19H,10-16H2,1-2H3/q+1/t18-,19-,20-/m0/s1. The predicted molar refractivity (Wildman–Crippen MR) is 91.4 cm³/mol. The van der Waals surface area contributed by atoms with Crippen LogP contribution in [0.5, 0.6) is 0 Å². The molecule has 0 saturated carbocycles. The molecule has 22 heavy (non-hydrogen) atoms. The quantitative estimate of drug-likeness (QED) is 0.598. The molecule has 0 unspecified atom stereocenters. The lowest BCUT2D eigenvalue weighted by molar-refractivity contribution is -0.906. The van der Waals surface area contributed by atoms with Crippen molar-refractivity contribution >= 4 is 0 Å². The molecule has 118 valence electrons. The fourth-order valence-corrected chi connectivity index (χ4v) is 5.51. The van der Waals surface area contributed by atoms with Gasteiger partial charge in [0.15, 0.2) is 0 Å². The van der Waals surface area contributed by atoms with Crippen LogP contribution in [0, 0.1) is 11.3 Å². The number of hydrogen-bond donors (Lipinski definition) is 0. The van der Waals surface area contributed by atoms with Gasteiger partial charge in [-0.05, 0) is 24.4 Å². The van der Waals surface area contributed by atoms with Crippen LogP contribution in [0.3, 0.4) is 0 Å². The maximum absolute atomic E-state index is 2.73. The van der Waals surface area contributed by atoms with Crippen LogP contribution >= 0.6 is 0 Å². The minimum Gasteiger partial charge on any atom is -0.325 e. The fraction of sp³-hybridized carbons (Fsp3) is 0.600. The van der Waals surface area contributed by atoms with Gasteiger partial charge >= 0.3 is 0 Å². The molecule has 2 heteroatoms. The second-order valence-corrected chi connectivity index (χ2v) is 8.26. The Labute approximate surface area is 135 Å². The van der Waals surface area contributed by atoms with Crippen LogP contribution < -0.4 is 0 Å². The Bertz CT molecular complexity index is 562. The summed E-state index contributed by atoms with van der Waals surface area (Å²) in [6, 6.07) is 11.8. The number of likely N-dealkylation sites (tertiary alicyclic amines) is 2. The zero-order valence-electron chi connectivity index (χ0n) is 14.0. The maximum Gasteiger partial charge on any atom is 0.0998 e. The Morgan fingerprint density at radius 3 is 2.86 bits per heavy atom. The molecule has 0 radical (unpaired) electrons. The van der Waals surface area contributed by atoms with E-state index in [0.717, 1.165) is 18.5 Å². The minimum atomic E-state index is 0.533. The van der Waals surface area contributed by atoms with E-state index >= 15 is 0 Å². The van der Waals surface area contributed by atoms with Crippen molar-refractivity contribution in [3.8, 4) is 0 Å². The zero-order chi connectivity index (χ0) is 15.2. The number of benzene rings is 1. The summed E-state index contributed by atoms with van der Waals surface area (Å²) in [7, 11) is 4.90. The van der Waals surface area contributed by atoms with Crippen molar-refractivity contribution in [3.63, 3.8) is 0 Å². The Balaban J connectivity index is 1.58. The van der Waals surface area contributed by atoms with E-state index in [0.29, 0.717) is 5.41 Å². The van der Waals surface area contributed by atoms with E-state index in [2.05, 4.69) is 61.5 Å². The third kappa shape index (κ3) is 2.24. The van der Waals surface area contributed by atoms with Gasteiger partial charge in [-0.25, -0.2) is 0 Å². The third-order valence-corrected chi connectivity index (χ3v) is 6.65. The van der Waals surface area contributed by atoms with Gasteiger partial charge in [-0.1, -0.05) is 42.5 Å². The normalized spacial score (nSPS) is 36.8. The first-order valence-corrected chi connectivity index (χ1v) is 8.86. The second kappa shape index (κ2) is 5.21. The van der Waals surface area contributed by atoms with Crippen molar-refractivity contribution in [1.29, 1.82) is 0 Å². The molecule has 2 heterocycles.